The van der Waals surface area contributed by atoms with Crippen molar-refractivity contribution in [1.29, 1.82) is 0 Å². The molecule has 0 unspecified atom stereocenters. The van der Waals surface area contributed by atoms with E-state index in [-0.39, 0.29) is 22.8 Å². The Morgan fingerprint density at radius 2 is 1.67 bits per heavy atom. The van der Waals surface area contributed by atoms with Gasteiger partial charge in [-0.15, -0.1) is 0 Å². The average Bonchev–Trinajstić information content (AvgIpc) is 2.77. The van der Waals surface area contributed by atoms with E-state index in [9.17, 15) is 13.6 Å². The SMILES string of the molecule is COc1cc(C(=O)/C=C/c2ccccc2OCc2ccccc2)ccc1OC(F)F. The standard InChI is InChI=1S/C24H20F2O4/c1-28-23-15-19(12-14-22(23)30-24(25)26)20(27)13-11-18-9-5-6-10-21(18)29-16-17-7-3-2-4-8-17/h2-15,24H,16H2,1H3/b13-11+. The van der Waals surface area contributed by atoms with Crippen molar-refractivity contribution in [1.82, 2.24) is 0 Å². The third-order valence-electron chi connectivity index (χ3n) is 4.23. The zero-order valence-corrected chi connectivity index (χ0v) is 16.3. The quantitative estimate of drug-likeness (QED) is 0.332. The number of para-hydroxylation sites is 1. The number of benzene rings is 3. The second-order valence-electron chi connectivity index (χ2n) is 6.25. The predicted molar refractivity (Wildman–Crippen MR) is 110 cm³/mol. The largest absolute Gasteiger partial charge is 0.493 e. The normalized spacial score (nSPS) is 10.9. The van der Waals surface area contributed by atoms with Crippen molar-refractivity contribution in [3.63, 3.8) is 0 Å². The molecule has 0 amide bonds. The molecule has 6 heteroatoms. The fourth-order valence-electron chi connectivity index (χ4n) is 2.76. The molecule has 3 aromatic rings. The van der Waals surface area contributed by atoms with Gasteiger partial charge in [-0.3, -0.25) is 4.79 Å². The van der Waals surface area contributed by atoms with Crippen LogP contribution in [0.15, 0.2) is 78.9 Å². The zero-order chi connectivity index (χ0) is 21.3. The van der Waals surface area contributed by atoms with Crippen molar-refractivity contribution in [3.8, 4) is 17.2 Å². The molecule has 3 rings (SSSR count). The molecule has 0 aliphatic heterocycles. The van der Waals surface area contributed by atoms with Gasteiger partial charge in [0.15, 0.2) is 17.3 Å². The number of carbonyl (C=O) groups is 1. The number of alkyl halides is 2. The first kappa shape index (κ1) is 21.0. The van der Waals surface area contributed by atoms with Gasteiger partial charge in [0, 0.05) is 11.1 Å². The van der Waals surface area contributed by atoms with Crippen LogP contribution in [0.1, 0.15) is 21.5 Å². The third-order valence-corrected chi connectivity index (χ3v) is 4.23. The lowest BCUT2D eigenvalue weighted by atomic mass is 10.1. The molecule has 4 nitrogen and oxygen atoms in total. The summed E-state index contributed by atoms with van der Waals surface area (Å²) in [4.78, 5) is 12.5. The summed E-state index contributed by atoms with van der Waals surface area (Å²) in [5, 5.41) is 0. The van der Waals surface area contributed by atoms with E-state index >= 15 is 0 Å². The van der Waals surface area contributed by atoms with E-state index in [0.717, 1.165) is 11.1 Å². The monoisotopic (exact) mass is 410 g/mol. The fourth-order valence-corrected chi connectivity index (χ4v) is 2.76. The van der Waals surface area contributed by atoms with Crippen molar-refractivity contribution in [2.24, 2.45) is 0 Å². The minimum absolute atomic E-state index is 0.0566. The van der Waals surface area contributed by atoms with Crippen LogP contribution in [0.5, 0.6) is 17.2 Å². The van der Waals surface area contributed by atoms with Gasteiger partial charge in [-0.25, -0.2) is 0 Å². The van der Waals surface area contributed by atoms with E-state index in [1.54, 1.807) is 6.08 Å². The number of hydrogen-bond donors (Lipinski definition) is 0. The van der Waals surface area contributed by atoms with Gasteiger partial charge in [0.2, 0.25) is 0 Å². The van der Waals surface area contributed by atoms with Gasteiger partial charge >= 0.3 is 6.61 Å². The first-order valence-electron chi connectivity index (χ1n) is 9.18. The van der Waals surface area contributed by atoms with Crippen LogP contribution in [-0.2, 0) is 6.61 Å². The predicted octanol–water partition coefficient (Wildman–Crippen LogP) is 5.77. The Hall–Kier alpha value is -3.67. The van der Waals surface area contributed by atoms with E-state index in [1.807, 2.05) is 54.6 Å². The van der Waals surface area contributed by atoms with Crippen LogP contribution in [0.25, 0.3) is 6.08 Å². The molecule has 0 radical (unpaired) electrons. The molecular weight excluding hydrogens is 390 g/mol. The van der Waals surface area contributed by atoms with Crippen LogP contribution >= 0.6 is 0 Å². The molecule has 0 saturated heterocycles. The molecule has 0 spiro atoms. The van der Waals surface area contributed by atoms with Crippen molar-refractivity contribution in [2.45, 2.75) is 13.2 Å². The molecule has 0 N–H and O–H groups in total. The van der Waals surface area contributed by atoms with E-state index in [4.69, 9.17) is 9.47 Å². The van der Waals surface area contributed by atoms with E-state index in [1.165, 1.54) is 31.4 Å². The van der Waals surface area contributed by atoms with Crippen LogP contribution in [0, 0.1) is 0 Å². The van der Waals surface area contributed by atoms with Gasteiger partial charge in [-0.2, -0.15) is 8.78 Å². The van der Waals surface area contributed by atoms with Crippen molar-refractivity contribution < 1.29 is 27.8 Å². The fraction of sp³-hybridized carbons (Fsp3) is 0.125. The van der Waals surface area contributed by atoms with Crippen LogP contribution in [0.4, 0.5) is 8.78 Å². The van der Waals surface area contributed by atoms with Crippen molar-refractivity contribution in [3.05, 3.63) is 95.6 Å². The Labute approximate surface area is 173 Å². The molecule has 30 heavy (non-hydrogen) atoms. The number of carbonyl (C=O) groups excluding carboxylic acids is 1. The molecular formula is C24H20F2O4. The molecule has 0 atom stereocenters. The first-order chi connectivity index (χ1) is 14.6. The number of methoxy groups -OCH3 is 1. The summed E-state index contributed by atoms with van der Waals surface area (Å²) in [5.41, 5.74) is 2.06. The van der Waals surface area contributed by atoms with Gasteiger partial charge in [0.25, 0.3) is 0 Å². The van der Waals surface area contributed by atoms with Gasteiger partial charge in [0.05, 0.1) is 7.11 Å². The van der Waals surface area contributed by atoms with Crippen molar-refractivity contribution >= 4 is 11.9 Å². The van der Waals surface area contributed by atoms with E-state index in [0.29, 0.717) is 12.4 Å². The minimum Gasteiger partial charge on any atom is -0.493 e. The highest BCUT2D eigenvalue weighted by atomic mass is 19.3. The molecule has 3 aromatic carbocycles. The summed E-state index contributed by atoms with van der Waals surface area (Å²) in [7, 11) is 1.32. The second kappa shape index (κ2) is 10.2. The Bertz CT molecular complexity index is 1020. The number of ketones is 1. The second-order valence-corrected chi connectivity index (χ2v) is 6.25. The minimum atomic E-state index is -2.98. The third kappa shape index (κ3) is 5.67. The molecule has 0 fully saturated rings. The number of ether oxygens (including phenoxy) is 3. The number of allylic oxidation sites excluding steroid dienone is 1. The molecule has 0 aromatic heterocycles. The van der Waals surface area contributed by atoms with Crippen LogP contribution < -0.4 is 14.2 Å². The highest BCUT2D eigenvalue weighted by Crippen LogP contribution is 2.30. The molecule has 154 valence electrons. The van der Waals surface area contributed by atoms with E-state index < -0.39 is 6.61 Å². The van der Waals surface area contributed by atoms with Crippen LogP contribution in [0.3, 0.4) is 0 Å². The maximum Gasteiger partial charge on any atom is 0.387 e. The Morgan fingerprint density at radius 1 is 0.933 bits per heavy atom. The highest BCUT2D eigenvalue weighted by Gasteiger charge is 2.13. The van der Waals surface area contributed by atoms with Gasteiger partial charge in [0.1, 0.15) is 12.4 Å². The van der Waals surface area contributed by atoms with Gasteiger partial charge in [-0.05, 0) is 42.0 Å². The lowest BCUT2D eigenvalue weighted by Crippen LogP contribution is -2.04. The zero-order valence-electron chi connectivity index (χ0n) is 16.3. The lowest BCUT2D eigenvalue weighted by Gasteiger charge is -2.10. The topological polar surface area (TPSA) is 44.8 Å². The summed E-state index contributed by atoms with van der Waals surface area (Å²) in [6.45, 7) is -2.57. The summed E-state index contributed by atoms with van der Waals surface area (Å²) >= 11 is 0. The number of hydrogen-bond acceptors (Lipinski definition) is 4. The molecule has 0 aliphatic rings. The van der Waals surface area contributed by atoms with Gasteiger partial charge < -0.3 is 14.2 Å². The highest BCUT2D eigenvalue weighted by molar-refractivity contribution is 6.07. The smallest absolute Gasteiger partial charge is 0.387 e. The molecule has 0 heterocycles. The Kier molecular flexibility index (Phi) is 7.16. The van der Waals surface area contributed by atoms with Crippen LogP contribution in [-0.4, -0.2) is 19.5 Å². The first-order valence-corrected chi connectivity index (χ1v) is 9.18. The maximum absolute atomic E-state index is 12.5. The Balaban J connectivity index is 1.73. The van der Waals surface area contributed by atoms with E-state index in [2.05, 4.69) is 4.74 Å². The lowest BCUT2D eigenvalue weighted by molar-refractivity contribution is -0.0512. The molecule has 0 aliphatic carbocycles. The maximum atomic E-state index is 12.5. The van der Waals surface area contributed by atoms with Gasteiger partial charge in [-0.1, -0.05) is 48.5 Å². The summed E-state index contributed by atoms with van der Waals surface area (Å²) < 4.78 is 40.2. The van der Waals surface area contributed by atoms with Crippen LogP contribution in [0.2, 0.25) is 0 Å². The molecule has 0 saturated carbocycles. The van der Waals surface area contributed by atoms with Crippen molar-refractivity contribution in [2.75, 3.05) is 7.11 Å². The summed E-state index contributed by atoms with van der Waals surface area (Å²) in [6, 6.07) is 21.2. The average molecular weight is 410 g/mol. The summed E-state index contributed by atoms with van der Waals surface area (Å²) in [6.07, 6.45) is 3.05. The molecule has 0 bridgehead atoms. The number of rotatable bonds is 9. The summed E-state index contributed by atoms with van der Waals surface area (Å²) in [5.74, 6) is 0.257. The number of halogens is 2. The Morgan fingerprint density at radius 3 is 2.40 bits per heavy atom.